The van der Waals surface area contributed by atoms with Gasteiger partial charge in [0, 0.05) is 25.1 Å². The van der Waals surface area contributed by atoms with Gasteiger partial charge in [0.2, 0.25) is 0 Å². The van der Waals surface area contributed by atoms with Crippen LogP contribution in [0.15, 0.2) is 85.5 Å². The fourth-order valence-electron chi connectivity index (χ4n) is 4.22. The lowest BCUT2D eigenvalue weighted by Gasteiger charge is -2.13. The van der Waals surface area contributed by atoms with Gasteiger partial charge in [-0.1, -0.05) is 42.5 Å². The molecule has 0 aliphatic heterocycles. The number of allylic oxidation sites excluding steroid dienone is 1. The van der Waals surface area contributed by atoms with Crippen LogP contribution in [0.25, 0.3) is 11.0 Å². The number of nitrogens with zero attached hydrogens (tertiary/aromatic N) is 2. The molecular formula is C30H33N3O3. The number of rotatable bonds is 13. The van der Waals surface area contributed by atoms with E-state index >= 15 is 0 Å². The molecule has 4 aromatic rings. The van der Waals surface area contributed by atoms with Crippen LogP contribution in [0.3, 0.4) is 0 Å². The first-order chi connectivity index (χ1) is 17.7. The van der Waals surface area contributed by atoms with Crippen LogP contribution < -0.4 is 14.8 Å². The number of imidazole rings is 1. The van der Waals surface area contributed by atoms with Gasteiger partial charge in [-0.25, -0.2) is 4.98 Å². The number of methoxy groups -OCH3 is 1. The van der Waals surface area contributed by atoms with E-state index in [0.29, 0.717) is 25.1 Å². The Morgan fingerprint density at radius 2 is 1.83 bits per heavy atom. The van der Waals surface area contributed by atoms with E-state index in [1.54, 1.807) is 7.11 Å². The molecule has 1 N–H and O–H groups in total. The number of hydrogen-bond donors (Lipinski definition) is 1. The third-order valence-corrected chi connectivity index (χ3v) is 6.05. The van der Waals surface area contributed by atoms with Crippen LogP contribution in [0.2, 0.25) is 0 Å². The predicted molar refractivity (Wildman–Crippen MR) is 144 cm³/mol. The molecule has 186 valence electrons. The second kappa shape index (κ2) is 12.6. The van der Waals surface area contributed by atoms with Crippen molar-refractivity contribution < 1.29 is 14.3 Å². The van der Waals surface area contributed by atoms with Crippen LogP contribution in [0, 0.1) is 0 Å². The van der Waals surface area contributed by atoms with E-state index in [0.717, 1.165) is 59.7 Å². The van der Waals surface area contributed by atoms with E-state index in [1.165, 1.54) is 0 Å². The number of para-hydroxylation sites is 2. The van der Waals surface area contributed by atoms with Gasteiger partial charge in [0.25, 0.3) is 5.91 Å². The zero-order valence-corrected chi connectivity index (χ0v) is 20.8. The molecule has 3 aromatic carbocycles. The van der Waals surface area contributed by atoms with Crippen molar-refractivity contribution in [2.45, 2.75) is 32.2 Å². The molecule has 0 aliphatic rings. The third-order valence-electron chi connectivity index (χ3n) is 6.05. The second-order valence-corrected chi connectivity index (χ2v) is 8.57. The molecule has 0 atom stereocenters. The normalized spacial score (nSPS) is 10.8. The molecule has 6 heteroatoms. The van der Waals surface area contributed by atoms with E-state index < -0.39 is 0 Å². The number of aryl methyl sites for hydroxylation is 1. The van der Waals surface area contributed by atoms with E-state index in [4.69, 9.17) is 14.5 Å². The van der Waals surface area contributed by atoms with Crippen molar-refractivity contribution in [3.8, 4) is 11.5 Å². The number of nitrogens with one attached hydrogen (secondary N) is 1. The van der Waals surface area contributed by atoms with Crippen molar-refractivity contribution in [3.05, 3.63) is 102 Å². The zero-order chi connectivity index (χ0) is 25.2. The van der Waals surface area contributed by atoms with E-state index in [-0.39, 0.29) is 5.91 Å². The Morgan fingerprint density at radius 1 is 1.03 bits per heavy atom. The highest BCUT2D eigenvalue weighted by molar-refractivity contribution is 5.94. The molecule has 0 fully saturated rings. The largest absolute Gasteiger partial charge is 0.493 e. The molecule has 0 aliphatic carbocycles. The smallest absolute Gasteiger partial charge is 0.251 e. The van der Waals surface area contributed by atoms with Crippen molar-refractivity contribution in [3.63, 3.8) is 0 Å². The molecule has 36 heavy (non-hydrogen) atoms. The summed E-state index contributed by atoms with van der Waals surface area (Å²) >= 11 is 0. The maximum absolute atomic E-state index is 12.4. The van der Waals surface area contributed by atoms with Crippen molar-refractivity contribution in [1.82, 2.24) is 14.9 Å². The Labute approximate surface area is 212 Å². The molecule has 0 saturated carbocycles. The minimum absolute atomic E-state index is 0.0663. The highest BCUT2D eigenvalue weighted by atomic mass is 16.5. The standard InChI is InChI=1S/C30H33N3O3/c1-3-11-23-16-17-27(28(22-23)35-2)36-21-10-9-20-33-26-15-8-7-14-25(26)32-29(33)18-19-31-30(34)24-12-5-4-6-13-24/h3-8,12-17,22H,1,9-11,18-21H2,2H3,(H,31,34). The number of aromatic nitrogens is 2. The van der Waals surface area contributed by atoms with Gasteiger partial charge in [-0.2, -0.15) is 0 Å². The minimum atomic E-state index is -0.0663. The average molecular weight is 484 g/mol. The van der Waals surface area contributed by atoms with E-state index in [9.17, 15) is 4.79 Å². The van der Waals surface area contributed by atoms with Crippen LogP contribution in [-0.2, 0) is 19.4 Å². The molecule has 0 saturated heterocycles. The summed E-state index contributed by atoms with van der Waals surface area (Å²) in [6.07, 6.45) is 5.18. The monoisotopic (exact) mass is 483 g/mol. The van der Waals surface area contributed by atoms with Crippen LogP contribution in [-0.4, -0.2) is 35.7 Å². The van der Waals surface area contributed by atoms with Gasteiger partial charge in [0.15, 0.2) is 11.5 Å². The summed E-state index contributed by atoms with van der Waals surface area (Å²) in [5, 5.41) is 3.01. The van der Waals surface area contributed by atoms with Crippen molar-refractivity contribution >= 4 is 16.9 Å². The summed E-state index contributed by atoms with van der Waals surface area (Å²) in [5.74, 6) is 2.41. The fourth-order valence-corrected chi connectivity index (χ4v) is 4.22. The molecule has 4 rings (SSSR count). The lowest BCUT2D eigenvalue weighted by molar-refractivity contribution is 0.0954. The Hall–Kier alpha value is -4.06. The quantitative estimate of drug-likeness (QED) is 0.198. The average Bonchev–Trinajstić information content (AvgIpc) is 3.26. The molecule has 6 nitrogen and oxygen atoms in total. The number of hydrogen-bond acceptors (Lipinski definition) is 4. The van der Waals surface area contributed by atoms with Gasteiger partial charge < -0.3 is 19.4 Å². The Morgan fingerprint density at radius 3 is 2.64 bits per heavy atom. The number of unbranched alkanes of at least 4 members (excludes halogenated alkanes) is 1. The fraction of sp³-hybridized carbons (Fsp3) is 0.267. The Balaban J connectivity index is 1.32. The second-order valence-electron chi connectivity index (χ2n) is 8.57. The number of amides is 1. The van der Waals surface area contributed by atoms with Crippen molar-refractivity contribution in [2.24, 2.45) is 0 Å². The summed E-state index contributed by atoms with van der Waals surface area (Å²) in [6.45, 7) is 5.76. The number of benzene rings is 3. The first-order valence-electron chi connectivity index (χ1n) is 12.4. The van der Waals surface area contributed by atoms with Crippen LogP contribution in [0.5, 0.6) is 11.5 Å². The minimum Gasteiger partial charge on any atom is -0.493 e. The van der Waals surface area contributed by atoms with Crippen LogP contribution in [0.1, 0.15) is 34.6 Å². The summed E-state index contributed by atoms with van der Waals surface area (Å²) in [6, 6.07) is 23.4. The SMILES string of the molecule is C=CCc1ccc(OCCCCn2c(CCNC(=O)c3ccccc3)nc3ccccc32)c(OC)c1. The Kier molecular flexibility index (Phi) is 8.76. The van der Waals surface area contributed by atoms with Gasteiger partial charge >= 0.3 is 0 Å². The highest BCUT2D eigenvalue weighted by Gasteiger charge is 2.12. The van der Waals surface area contributed by atoms with E-state index in [1.807, 2.05) is 72.8 Å². The predicted octanol–water partition coefficient (Wildman–Crippen LogP) is 5.61. The van der Waals surface area contributed by atoms with Crippen molar-refractivity contribution in [2.75, 3.05) is 20.3 Å². The summed E-state index contributed by atoms with van der Waals surface area (Å²) in [7, 11) is 1.66. The molecule has 1 aromatic heterocycles. The van der Waals surface area contributed by atoms with Crippen molar-refractivity contribution in [1.29, 1.82) is 0 Å². The van der Waals surface area contributed by atoms with Gasteiger partial charge in [0.1, 0.15) is 5.82 Å². The lowest BCUT2D eigenvalue weighted by atomic mass is 10.1. The first-order valence-corrected chi connectivity index (χ1v) is 12.4. The van der Waals surface area contributed by atoms with E-state index in [2.05, 4.69) is 22.5 Å². The number of carbonyl (C=O) groups is 1. The summed E-state index contributed by atoms with van der Waals surface area (Å²) < 4.78 is 13.8. The molecular weight excluding hydrogens is 450 g/mol. The molecule has 0 spiro atoms. The van der Waals surface area contributed by atoms with Crippen LogP contribution >= 0.6 is 0 Å². The Bertz CT molecular complexity index is 1300. The first kappa shape index (κ1) is 25.0. The molecule has 1 amide bonds. The van der Waals surface area contributed by atoms with Gasteiger partial charge in [-0.15, -0.1) is 6.58 Å². The number of ether oxygens (including phenoxy) is 2. The molecule has 1 heterocycles. The van der Waals surface area contributed by atoms with Gasteiger partial charge in [0.05, 0.1) is 24.8 Å². The maximum Gasteiger partial charge on any atom is 0.251 e. The summed E-state index contributed by atoms with van der Waals surface area (Å²) in [5.41, 5.74) is 3.90. The summed E-state index contributed by atoms with van der Waals surface area (Å²) in [4.78, 5) is 17.2. The number of carbonyl (C=O) groups excluding carboxylic acids is 1. The lowest BCUT2D eigenvalue weighted by Crippen LogP contribution is -2.26. The van der Waals surface area contributed by atoms with Gasteiger partial charge in [-0.3, -0.25) is 4.79 Å². The highest BCUT2D eigenvalue weighted by Crippen LogP contribution is 2.28. The van der Waals surface area contributed by atoms with Crippen LogP contribution in [0.4, 0.5) is 0 Å². The number of fused-ring (bicyclic) bond motifs is 1. The topological polar surface area (TPSA) is 65.4 Å². The molecule has 0 bridgehead atoms. The zero-order valence-electron chi connectivity index (χ0n) is 20.8. The maximum atomic E-state index is 12.4. The third kappa shape index (κ3) is 6.33. The molecule has 0 radical (unpaired) electrons. The van der Waals surface area contributed by atoms with Gasteiger partial charge in [-0.05, 0) is 61.2 Å². The molecule has 0 unspecified atom stereocenters.